The molecule has 0 unspecified atom stereocenters. The highest BCUT2D eigenvalue weighted by molar-refractivity contribution is 6.06. The van der Waals surface area contributed by atoms with Crippen LogP contribution >= 0.6 is 0 Å². The fraction of sp³-hybridized carbons (Fsp3) is 0.261. The van der Waals surface area contributed by atoms with Gasteiger partial charge in [-0.25, -0.2) is 4.98 Å². The number of benzene rings is 1. The van der Waals surface area contributed by atoms with E-state index < -0.39 is 0 Å². The number of piperazine rings is 1. The average molecular weight is 385 g/mol. The Balaban J connectivity index is 1.21. The Morgan fingerprint density at radius 3 is 2.59 bits per heavy atom. The number of hydrogen-bond donors (Lipinski definition) is 1. The van der Waals surface area contributed by atoms with Gasteiger partial charge in [-0.05, 0) is 30.7 Å². The summed E-state index contributed by atoms with van der Waals surface area (Å²) in [6.07, 6.45) is 4.84. The molecule has 5 rings (SSSR count). The molecule has 146 valence electrons. The first kappa shape index (κ1) is 17.7. The van der Waals surface area contributed by atoms with Crippen LogP contribution in [0.25, 0.3) is 21.8 Å². The molecule has 0 spiro atoms. The van der Waals surface area contributed by atoms with E-state index in [4.69, 9.17) is 0 Å². The quantitative estimate of drug-likeness (QED) is 0.585. The molecule has 6 nitrogen and oxygen atoms in total. The summed E-state index contributed by atoms with van der Waals surface area (Å²) in [7, 11) is 0. The average Bonchev–Trinajstić information content (AvgIpc) is 3.16. The third kappa shape index (κ3) is 3.53. The van der Waals surface area contributed by atoms with E-state index in [1.807, 2.05) is 47.6 Å². The fourth-order valence-corrected chi connectivity index (χ4v) is 4.05. The van der Waals surface area contributed by atoms with Gasteiger partial charge in [-0.15, -0.1) is 0 Å². The zero-order chi connectivity index (χ0) is 19.6. The van der Waals surface area contributed by atoms with Crippen molar-refractivity contribution in [1.82, 2.24) is 19.9 Å². The van der Waals surface area contributed by atoms with Crippen LogP contribution in [0.2, 0.25) is 0 Å². The number of fused-ring (bicyclic) bond motifs is 3. The molecular formula is C23H23N5O. The summed E-state index contributed by atoms with van der Waals surface area (Å²) >= 11 is 0. The number of para-hydroxylation sites is 1. The standard InChI is InChI=1S/C23H23N5O/c29-23(28-13-11-27(12-14-28)22-7-3-4-10-24-22)9-8-17-15-19-18-5-1-2-6-20(18)26-21(19)16-25-17/h1-7,10,15-16,26H,8-9,11-14H2. The van der Waals surface area contributed by atoms with Crippen LogP contribution in [-0.2, 0) is 11.2 Å². The molecule has 0 bridgehead atoms. The SMILES string of the molecule is O=C(CCc1cc2c(cn1)[nH]c1ccccc12)N1CCN(c2ccccn2)CC1. The molecule has 0 saturated carbocycles. The van der Waals surface area contributed by atoms with Crippen LogP contribution < -0.4 is 4.90 Å². The third-order valence-corrected chi connectivity index (χ3v) is 5.65. The largest absolute Gasteiger partial charge is 0.353 e. The number of anilines is 1. The van der Waals surface area contributed by atoms with Gasteiger partial charge in [0, 0.05) is 60.8 Å². The number of amides is 1. The van der Waals surface area contributed by atoms with E-state index in [0.717, 1.165) is 48.7 Å². The van der Waals surface area contributed by atoms with Crippen molar-refractivity contribution in [3.05, 3.63) is 66.6 Å². The van der Waals surface area contributed by atoms with Crippen molar-refractivity contribution in [2.24, 2.45) is 0 Å². The Labute approximate surface area is 169 Å². The molecule has 0 aliphatic carbocycles. The molecule has 6 heteroatoms. The number of carbonyl (C=O) groups is 1. The number of pyridine rings is 2. The smallest absolute Gasteiger partial charge is 0.223 e. The first-order chi connectivity index (χ1) is 14.3. The van der Waals surface area contributed by atoms with Crippen LogP contribution in [0.4, 0.5) is 5.82 Å². The summed E-state index contributed by atoms with van der Waals surface area (Å²) in [5.74, 6) is 1.18. The normalized spacial score (nSPS) is 14.6. The van der Waals surface area contributed by atoms with Gasteiger partial charge in [0.15, 0.2) is 0 Å². The molecule has 4 heterocycles. The van der Waals surface area contributed by atoms with Crippen LogP contribution in [0.5, 0.6) is 0 Å². The van der Waals surface area contributed by atoms with Crippen LogP contribution in [0.3, 0.4) is 0 Å². The van der Waals surface area contributed by atoms with Gasteiger partial charge in [-0.3, -0.25) is 9.78 Å². The van der Waals surface area contributed by atoms with Crippen molar-refractivity contribution < 1.29 is 4.79 Å². The topological polar surface area (TPSA) is 65.1 Å². The number of aromatic nitrogens is 3. The maximum absolute atomic E-state index is 12.7. The minimum absolute atomic E-state index is 0.200. The minimum Gasteiger partial charge on any atom is -0.353 e. The highest BCUT2D eigenvalue weighted by Gasteiger charge is 2.21. The number of nitrogens with one attached hydrogen (secondary N) is 1. The van der Waals surface area contributed by atoms with Crippen molar-refractivity contribution in [3.8, 4) is 0 Å². The fourth-order valence-electron chi connectivity index (χ4n) is 4.05. The predicted octanol–water partition coefficient (Wildman–Crippen LogP) is 3.39. The predicted molar refractivity (Wildman–Crippen MR) is 115 cm³/mol. The summed E-state index contributed by atoms with van der Waals surface area (Å²) in [5.41, 5.74) is 3.11. The summed E-state index contributed by atoms with van der Waals surface area (Å²) in [5, 5.41) is 2.37. The molecule has 1 saturated heterocycles. The highest BCUT2D eigenvalue weighted by atomic mass is 16.2. The number of hydrogen-bond acceptors (Lipinski definition) is 4. The Hall–Kier alpha value is -3.41. The van der Waals surface area contributed by atoms with Gasteiger partial charge in [-0.2, -0.15) is 0 Å². The molecule has 1 aromatic carbocycles. The van der Waals surface area contributed by atoms with Gasteiger partial charge >= 0.3 is 0 Å². The van der Waals surface area contributed by atoms with Gasteiger partial charge in [0.1, 0.15) is 5.82 Å². The maximum atomic E-state index is 12.7. The second kappa shape index (κ2) is 7.54. The van der Waals surface area contributed by atoms with Crippen molar-refractivity contribution in [1.29, 1.82) is 0 Å². The van der Waals surface area contributed by atoms with Gasteiger partial charge in [0.2, 0.25) is 5.91 Å². The van der Waals surface area contributed by atoms with Gasteiger partial charge in [-0.1, -0.05) is 24.3 Å². The molecule has 4 aromatic rings. The van der Waals surface area contributed by atoms with Crippen LogP contribution in [0.15, 0.2) is 60.9 Å². The Morgan fingerprint density at radius 1 is 0.931 bits per heavy atom. The summed E-state index contributed by atoms with van der Waals surface area (Å²) in [6.45, 7) is 3.12. The van der Waals surface area contributed by atoms with Crippen LogP contribution in [0.1, 0.15) is 12.1 Å². The molecule has 0 radical (unpaired) electrons. The third-order valence-electron chi connectivity index (χ3n) is 5.65. The lowest BCUT2D eigenvalue weighted by Gasteiger charge is -2.35. The minimum atomic E-state index is 0.200. The van der Waals surface area contributed by atoms with Gasteiger partial charge in [0.05, 0.1) is 11.7 Å². The molecule has 1 amide bonds. The monoisotopic (exact) mass is 385 g/mol. The van der Waals surface area contributed by atoms with Crippen LogP contribution in [0, 0.1) is 0 Å². The first-order valence-electron chi connectivity index (χ1n) is 10.1. The van der Waals surface area contributed by atoms with Crippen LogP contribution in [-0.4, -0.2) is 51.9 Å². The molecular weight excluding hydrogens is 362 g/mol. The number of aromatic amines is 1. The Kier molecular flexibility index (Phi) is 4.60. The molecule has 29 heavy (non-hydrogen) atoms. The van der Waals surface area contributed by atoms with E-state index in [2.05, 4.69) is 38.1 Å². The molecule has 1 fully saturated rings. The zero-order valence-corrected chi connectivity index (χ0v) is 16.2. The summed E-state index contributed by atoms with van der Waals surface area (Å²) < 4.78 is 0. The van der Waals surface area contributed by atoms with E-state index >= 15 is 0 Å². The molecule has 3 aromatic heterocycles. The molecule has 1 aliphatic heterocycles. The molecule has 1 aliphatic rings. The van der Waals surface area contributed by atoms with E-state index in [0.29, 0.717) is 12.8 Å². The zero-order valence-electron chi connectivity index (χ0n) is 16.2. The first-order valence-corrected chi connectivity index (χ1v) is 10.1. The number of aryl methyl sites for hydroxylation is 1. The van der Waals surface area contributed by atoms with Crippen molar-refractivity contribution >= 4 is 33.5 Å². The van der Waals surface area contributed by atoms with Crippen molar-refractivity contribution in [2.45, 2.75) is 12.8 Å². The second-order valence-electron chi connectivity index (χ2n) is 7.45. The van der Waals surface area contributed by atoms with Crippen molar-refractivity contribution in [2.75, 3.05) is 31.1 Å². The van der Waals surface area contributed by atoms with E-state index in [1.165, 1.54) is 10.8 Å². The summed E-state index contributed by atoms with van der Waals surface area (Å²) in [4.78, 5) is 29.2. The Bertz CT molecular complexity index is 1150. The van der Waals surface area contributed by atoms with Crippen molar-refractivity contribution in [3.63, 3.8) is 0 Å². The lowest BCUT2D eigenvalue weighted by Crippen LogP contribution is -2.49. The number of carbonyl (C=O) groups excluding carboxylic acids is 1. The lowest BCUT2D eigenvalue weighted by molar-refractivity contribution is -0.131. The lowest BCUT2D eigenvalue weighted by atomic mass is 10.1. The molecule has 0 atom stereocenters. The molecule has 1 N–H and O–H groups in total. The second-order valence-corrected chi connectivity index (χ2v) is 7.45. The number of nitrogens with zero attached hydrogens (tertiary/aromatic N) is 4. The maximum Gasteiger partial charge on any atom is 0.223 e. The number of H-pyrrole nitrogens is 1. The Morgan fingerprint density at radius 2 is 1.76 bits per heavy atom. The van der Waals surface area contributed by atoms with E-state index in [-0.39, 0.29) is 5.91 Å². The summed E-state index contributed by atoms with van der Waals surface area (Å²) in [6, 6.07) is 16.3. The highest BCUT2D eigenvalue weighted by Crippen LogP contribution is 2.25. The van der Waals surface area contributed by atoms with Gasteiger partial charge < -0.3 is 14.8 Å². The number of rotatable bonds is 4. The van der Waals surface area contributed by atoms with E-state index in [1.54, 1.807) is 0 Å². The van der Waals surface area contributed by atoms with Gasteiger partial charge in [0.25, 0.3) is 0 Å². The van der Waals surface area contributed by atoms with E-state index in [9.17, 15) is 4.79 Å².